The van der Waals surface area contributed by atoms with Crippen LogP contribution in [0.5, 0.6) is 0 Å². The summed E-state index contributed by atoms with van der Waals surface area (Å²) >= 11 is 0. The van der Waals surface area contributed by atoms with Gasteiger partial charge in [-0.15, -0.1) is 0 Å². The third-order valence-electron chi connectivity index (χ3n) is 0.468. The molecule has 1 aliphatic rings. The zero-order valence-corrected chi connectivity index (χ0v) is 3.18. The predicted molar refractivity (Wildman–Crippen MR) is 27.0 cm³/mol. The number of rotatable bonds is 0. The summed E-state index contributed by atoms with van der Waals surface area (Å²) in [7, 11) is 0. The molecule has 0 aliphatic carbocycles. The summed E-state index contributed by atoms with van der Waals surface area (Å²) in [5.74, 6) is 0. The minimum absolute atomic E-state index is 0. The average Bonchev–Trinajstić information content (AvgIpc) is 1.72. The second-order valence-electron chi connectivity index (χ2n) is 0.885. The van der Waals surface area contributed by atoms with Crippen LogP contribution in [0, 0.1) is 0 Å². The molecule has 28 valence electrons. The van der Waals surface area contributed by atoms with Crippen molar-refractivity contribution < 1.29 is 1.43 Å². The van der Waals surface area contributed by atoms with E-state index in [1.165, 1.54) is 0 Å². The van der Waals surface area contributed by atoms with Crippen LogP contribution in [0.2, 0.25) is 0 Å². The lowest BCUT2D eigenvalue weighted by molar-refractivity contribution is 1.73. The highest BCUT2D eigenvalue weighted by Gasteiger charge is 1.63. The fourth-order valence-electron chi connectivity index (χ4n) is 0.246. The van der Waals surface area contributed by atoms with Crippen molar-refractivity contribution in [2.24, 2.45) is 0 Å². The Morgan fingerprint density at radius 3 is 3.00 bits per heavy atom. The first kappa shape index (κ1) is 3.17. The Morgan fingerprint density at radius 1 is 1.83 bits per heavy atom. The van der Waals surface area contributed by atoms with E-state index in [1.54, 1.807) is 18.4 Å². The third-order valence-corrected chi connectivity index (χ3v) is 0.468. The highest BCUT2D eigenvalue weighted by Crippen LogP contribution is 1.59. The van der Waals surface area contributed by atoms with Crippen LogP contribution in [0.3, 0.4) is 0 Å². The first-order chi connectivity index (χ1) is 3.00. The molecule has 0 unspecified atom stereocenters. The van der Waals surface area contributed by atoms with E-state index in [-0.39, 0.29) is 1.43 Å². The van der Waals surface area contributed by atoms with Gasteiger partial charge < -0.3 is 0 Å². The van der Waals surface area contributed by atoms with Gasteiger partial charge >= 0.3 is 1.43 Å². The monoisotopic (exact) mass is 78.0 g/mol. The van der Waals surface area contributed by atoms with Gasteiger partial charge in [0.05, 0.1) is 0 Å². The molecule has 0 N–H and O–H groups in total. The summed E-state index contributed by atoms with van der Waals surface area (Å²) in [5.41, 5.74) is 2.77. The highest BCUT2D eigenvalue weighted by molar-refractivity contribution is 5.82. The van der Waals surface area contributed by atoms with Crippen molar-refractivity contribution in [3.05, 3.63) is 17.9 Å². The van der Waals surface area contributed by atoms with Gasteiger partial charge in [0.25, 0.3) is 6.21 Å². The molecule has 0 saturated carbocycles. The van der Waals surface area contributed by atoms with Crippen LogP contribution in [0.1, 0.15) is 1.43 Å². The van der Waals surface area contributed by atoms with Crippen molar-refractivity contribution in [3.8, 4) is 0 Å². The molecule has 0 bridgehead atoms. The van der Waals surface area contributed by atoms with Crippen LogP contribution in [0.25, 0.3) is 0 Å². The smallest absolute Gasteiger partial charge is 0.271 e. The Balaban J connectivity index is 0.000000360. The molecule has 1 heteroatoms. The lowest BCUT2D eigenvalue weighted by atomic mass is 10.5. The summed E-state index contributed by atoms with van der Waals surface area (Å²) in [6.07, 6.45) is 7.60. The van der Waals surface area contributed by atoms with Gasteiger partial charge in [0.1, 0.15) is 0 Å². The molecule has 0 amide bonds. The Morgan fingerprint density at radius 2 is 2.83 bits per heavy atom. The van der Waals surface area contributed by atoms with Gasteiger partial charge in [0.15, 0.2) is 6.21 Å². The van der Waals surface area contributed by atoms with E-state index in [1.807, 2.05) is 0 Å². The molecule has 1 nitrogen and oxygen atoms in total. The van der Waals surface area contributed by atoms with E-state index < -0.39 is 0 Å². The zero-order valence-electron chi connectivity index (χ0n) is 4.18. The zero-order chi connectivity index (χ0) is 4.24. The lowest BCUT2D eigenvalue weighted by Gasteiger charge is -1.64. The highest BCUT2D eigenvalue weighted by atomic mass is 14.5. The molecule has 1 rings (SSSR count). The molecule has 0 aromatic carbocycles. The van der Waals surface area contributed by atoms with Crippen LogP contribution in [0.4, 0.5) is 0 Å². The second kappa shape index (κ2) is 1.42. The minimum atomic E-state index is 0. The van der Waals surface area contributed by atoms with Crippen LogP contribution in [0.15, 0.2) is 17.9 Å². The number of hydrogen-bond donors (Lipinski definition) is 0. The van der Waals surface area contributed by atoms with Crippen LogP contribution in [-0.4, -0.2) is 12.4 Å². The summed E-state index contributed by atoms with van der Waals surface area (Å²) in [6.45, 7) is 0. The van der Waals surface area contributed by atoms with Crippen LogP contribution < -0.4 is 4.67 Å². The molecule has 6 heavy (non-hydrogen) atoms. The average molecular weight is 78.1 g/mol. The van der Waals surface area contributed by atoms with Gasteiger partial charge in [-0.25, -0.2) is 4.67 Å². The van der Waals surface area contributed by atoms with Crippen molar-refractivity contribution in [1.82, 2.24) is 4.67 Å². The Bertz CT molecular complexity index is 125. The SMILES string of the molecule is C1=C[C-]=[N+]=CC=1.[H+]. The van der Waals surface area contributed by atoms with E-state index in [2.05, 4.69) is 16.6 Å². The van der Waals surface area contributed by atoms with Crippen molar-refractivity contribution >= 4 is 12.4 Å². The molecule has 0 spiro atoms. The number of allylic oxidation sites excluding steroid dienone is 1. The molecule has 0 aromatic rings. The van der Waals surface area contributed by atoms with E-state index in [9.17, 15) is 0 Å². The fourth-order valence-corrected chi connectivity index (χ4v) is 0.246. The van der Waals surface area contributed by atoms with Gasteiger partial charge in [0.2, 0.25) is 0 Å². The van der Waals surface area contributed by atoms with Crippen molar-refractivity contribution in [2.45, 2.75) is 0 Å². The van der Waals surface area contributed by atoms with Gasteiger partial charge in [-0.3, -0.25) is 5.73 Å². The lowest BCUT2D eigenvalue weighted by Crippen LogP contribution is -1.77. The molecule has 0 aromatic heterocycles. The van der Waals surface area contributed by atoms with Crippen LogP contribution >= 0.6 is 0 Å². The molecule has 0 fully saturated rings. The molecule has 0 atom stereocenters. The Kier molecular flexibility index (Phi) is 0.749. The summed E-state index contributed by atoms with van der Waals surface area (Å²) in [6, 6.07) is 0. The van der Waals surface area contributed by atoms with E-state index in [0.717, 1.165) is 0 Å². The third kappa shape index (κ3) is 0.467. The maximum Gasteiger partial charge on any atom is 1.00 e. The summed E-state index contributed by atoms with van der Waals surface area (Å²) in [4.78, 5) is 0. The predicted octanol–water partition coefficient (Wildman–Crippen LogP) is -0.0904. The maximum absolute atomic E-state index is 3.63. The van der Waals surface area contributed by atoms with E-state index in [4.69, 9.17) is 0 Å². The summed E-state index contributed by atoms with van der Waals surface area (Å²) < 4.78 is 3.63. The van der Waals surface area contributed by atoms with Crippen molar-refractivity contribution in [2.75, 3.05) is 0 Å². The normalized spacial score (nSPS) is 13.3. The Labute approximate surface area is 37.5 Å². The second-order valence-corrected chi connectivity index (χ2v) is 0.885. The number of hydrogen-bond acceptors (Lipinski definition) is 0. The van der Waals surface area contributed by atoms with Gasteiger partial charge in [-0.1, -0.05) is 12.2 Å². The van der Waals surface area contributed by atoms with E-state index in [0.29, 0.717) is 0 Å². The van der Waals surface area contributed by atoms with Crippen molar-refractivity contribution in [1.29, 1.82) is 0 Å². The molecular weight excluding hydrogens is 74.1 g/mol. The van der Waals surface area contributed by atoms with E-state index >= 15 is 0 Å². The molecule has 0 saturated heterocycles. The van der Waals surface area contributed by atoms with Crippen LogP contribution in [-0.2, 0) is 0 Å². The standard InChI is InChI=1S/C5H3N/c1-2-4-6-5-3-1/h2-4H/p+1. The fraction of sp³-hybridized carbons (Fsp3) is 0. The first-order valence-electron chi connectivity index (χ1n) is 1.68. The quantitative estimate of drug-likeness (QED) is 0.218. The summed E-state index contributed by atoms with van der Waals surface area (Å²) in [5, 5.41) is 0. The molecule has 1 heterocycles. The van der Waals surface area contributed by atoms with Gasteiger partial charge in [0, 0.05) is 0 Å². The largest absolute Gasteiger partial charge is 1.00 e. The van der Waals surface area contributed by atoms with Crippen molar-refractivity contribution in [3.63, 3.8) is 0 Å². The minimum Gasteiger partial charge on any atom is -0.271 e. The van der Waals surface area contributed by atoms with Gasteiger partial charge in [-0.05, 0) is 0 Å². The molecule has 0 radical (unpaired) electrons. The van der Waals surface area contributed by atoms with Gasteiger partial charge in [-0.2, -0.15) is 0 Å². The molecule has 1 aliphatic heterocycles. The topological polar surface area (TPSA) is 14.1 Å². The number of nitrogens with zero attached hydrogens (tertiary/aromatic N) is 1. The molecular formula is C5H4N+. The maximum atomic E-state index is 3.63. The first-order valence-corrected chi connectivity index (χ1v) is 1.68. The Hall–Kier alpha value is -1.03.